The molecule has 1 fully saturated rings. The SMILES string of the molecule is CC(C)C[C@H]1CN(C(=O)c2csc(-c3ccccc3)n2)[C@@H](CC(C)C)C(=O)N1. The van der Waals surface area contributed by atoms with Crippen LogP contribution in [-0.2, 0) is 4.79 Å². The predicted octanol–water partition coefficient (Wildman–Crippen LogP) is 4.21. The fourth-order valence-electron chi connectivity index (χ4n) is 3.69. The van der Waals surface area contributed by atoms with Crippen LogP contribution >= 0.6 is 11.3 Å². The molecule has 0 unspecified atom stereocenters. The van der Waals surface area contributed by atoms with E-state index in [0.717, 1.165) is 17.0 Å². The highest BCUT2D eigenvalue weighted by Crippen LogP contribution is 2.26. The average molecular weight is 400 g/mol. The Morgan fingerprint density at radius 2 is 1.86 bits per heavy atom. The Hall–Kier alpha value is -2.21. The molecule has 2 heterocycles. The van der Waals surface area contributed by atoms with Crippen molar-refractivity contribution in [2.45, 2.75) is 52.6 Å². The Labute approximate surface area is 171 Å². The number of carbonyl (C=O) groups excluding carboxylic acids is 2. The lowest BCUT2D eigenvalue weighted by Gasteiger charge is -2.40. The highest BCUT2D eigenvalue weighted by molar-refractivity contribution is 7.13. The summed E-state index contributed by atoms with van der Waals surface area (Å²) < 4.78 is 0. The molecule has 2 atom stereocenters. The molecule has 1 saturated heterocycles. The third-order valence-electron chi connectivity index (χ3n) is 4.90. The van der Waals surface area contributed by atoms with Gasteiger partial charge in [-0.2, -0.15) is 0 Å². The van der Waals surface area contributed by atoms with E-state index >= 15 is 0 Å². The maximum absolute atomic E-state index is 13.3. The number of aromatic nitrogens is 1. The van der Waals surface area contributed by atoms with Crippen LogP contribution in [0.15, 0.2) is 35.7 Å². The van der Waals surface area contributed by atoms with Crippen LogP contribution in [0.4, 0.5) is 0 Å². The molecule has 3 rings (SSSR count). The van der Waals surface area contributed by atoms with Gasteiger partial charge in [0.25, 0.3) is 5.91 Å². The maximum atomic E-state index is 13.3. The van der Waals surface area contributed by atoms with Crippen molar-refractivity contribution in [3.8, 4) is 10.6 Å². The molecule has 28 heavy (non-hydrogen) atoms. The second-order valence-electron chi connectivity index (χ2n) is 8.34. The van der Waals surface area contributed by atoms with Crippen LogP contribution in [0.1, 0.15) is 51.0 Å². The number of nitrogens with one attached hydrogen (secondary N) is 1. The van der Waals surface area contributed by atoms with Crippen molar-refractivity contribution in [2.24, 2.45) is 11.8 Å². The molecule has 5 nitrogen and oxygen atoms in total. The van der Waals surface area contributed by atoms with Crippen molar-refractivity contribution in [3.05, 3.63) is 41.4 Å². The Bertz CT molecular complexity index is 816. The fraction of sp³-hybridized carbons (Fsp3) is 0.500. The van der Waals surface area contributed by atoms with Gasteiger partial charge in [-0.15, -0.1) is 11.3 Å². The monoisotopic (exact) mass is 399 g/mol. The van der Waals surface area contributed by atoms with Gasteiger partial charge < -0.3 is 10.2 Å². The number of piperazine rings is 1. The third-order valence-corrected chi connectivity index (χ3v) is 5.79. The molecule has 1 N–H and O–H groups in total. The summed E-state index contributed by atoms with van der Waals surface area (Å²) >= 11 is 1.46. The molecule has 1 aromatic carbocycles. The zero-order valence-corrected chi connectivity index (χ0v) is 17.8. The zero-order chi connectivity index (χ0) is 20.3. The van der Waals surface area contributed by atoms with Crippen molar-refractivity contribution in [1.82, 2.24) is 15.2 Å². The largest absolute Gasteiger partial charge is 0.350 e. The average Bonchev–Trinajstić information content (AvgIpc) is 3.13. The summed E-state index contributed by atoms with van der Waals surface area (Å²) in [6.07, 6.45) is 1.51. The number of nitrogens with zero attached hydrogens (tertiary/aromatic N) is 2. The van der Waals surface area contributed by atoms with Crippen LogP contribution in [0.2, 0.25) is 0 Å². The molecule has 6 heteroatoms. The normalized spacial score (nSPS) is 19.9. The minimum atomic E-state index is -0.433. The molecule has 0 saturated carbocycles. The molecule has 1 aliphatic rings. The van der Waals surface area contributed by atoms with Gasteiger partial charge in [-0.1, -0.05) is 58.0 Å². The van der Waals surface area contributed by atoms with Crippen molar-refractivity contribution in [3.63, 3.8) is 0 Å². The second kappa shape index (κ2) is 8.86. The fourth-order valence-corrected chi connectivity index (χ4v) is 4.49. The van der Waals surface area contributed by atoms with E-state index < -0.39 is 6.04 Å². The first-order valence-electron chi connectivity index (χ1n) is 9.97. The predicted molar refractivity (Wildman–Crippen MR) is 113 cm³/mol. The standard InChI is InChI=1S/C22H29N3O2S/c1-14(2)10-17-12-25(19(11-15(3)4)20(26)23-17)22(27)18-13-28-21(24-18)16-8-6-5-7-9-16/h5-9,13-15,17,19H,10-12H2,1-4H3,(H,23,26)/t17-,19-/m0/s1. The van der Waals surface area contributed by atoms with E-state index in [1.54, 1.807) is 10.3 Å². The van der Waals surface area contributed by atoms with Gasteiger partial charge in [-0.3, -0.25) is 9.59 Å². The summed E-state index contributed by atoms with van der Waals surface area (Å²) in [6.45, 7) is 8.95. The molecule has 0 aliphatic carbocycles. The Kier molecular flexibility index (Phi) is 6.50. The van der Waals surface area contributed by atoms with Crippen molar-refractivity contribution in [1.29, 1.82) is 0 Å². The van der Waals surface area contributed by atoms with Crippen LogP contribution in [0.25, 0.3) is 10.6 Å². The molecular weight excluding hydrogens is 370 g/mol. The molecule has 150 valence electrons. The van der Waals surface area contributed by atoms with E-state index in [1.165, 1.54) is 11.3 Å². The Balaban J connectivity index is 1.85. The lowest BCUT2D eigenvalue weighted by Crippen LogP contribution is -2.62. The van der Waals surface area contributed by atoms with Crippen LogP contribution in [0.5, 0.6) is 0 Å². The number of carbonyl (C=O) groups is 2. The number of hydrogen-bond acceptors (Lipinski definition) is 4. The molecule has 2 amide bonds. The molecule has 1 aromatic heterocycles. The summed E-state index contributed by atoms with van der Waals surface area (Å²) in [7, 11) is 0. The lowest BCUT2D eigenvalue weighted by atomic mass is 9.95. The van der Waals surface area contributed by atoms with Crippen LogP contribution in [0, 0.1) is 11.8 Å². The highest BCUT2D eigenvalue weighted by atomic mass is 32.1. The molecular formula is C22H29N3O2S. The van der Waals surface area contributed by atoms with Gasteiger partial charge in [0.15, 0.2) is 0 Å². The van der Waals surface area contributed by atoms with Crippen LogP contribution < -0.4 is 5.32 Å². The Morgan fingerprint density at radius 1 is 1.18 bits per heavy atom. The second-order valence-corrected chi connectivity index (χ2v) is 9.20. The number of benzene rings is 1. The van der Waals surface area contributed by atoms with Gasteiger partial charge >= 0.3 is 0 Å². The number of rotatable bonds is 6. The van der Waals surface area contributed by atoms with Crippen molar-refractivity contribution in [2.75, 3.05) is 6.54 Å². The first-order chi connectivity index (χ1) is 13.3. The summed E-state index contributed by atoms with van der Waals surface area (Å²) in [5.41, 5.74) is 1.43. The maximum Gasteiger partial charge on any atom is 0.274 e. The lowest BCUT2D eigenvalue weighted by molar-refractivity contribution is -0.130. The van der Waals surface area contributed by atoms with E-state index in [1.807, 2.05) is 30.3 Å². The summed E-state index contributed by atoms with van der Waals surface area (Å²) in [6, 6.07) is 9.42. The summed E-state index contributed by atoms with van der Waals surface area (Å²) in [5.74, 6) is 0.584. The summed E-state index contributed by atoms with van der Waals surface area (Å²) in [4.78, 5) is 32.4. The molecule has 0 bridgehead atoms. The van der Waals surface area contributed by atoms with Crippen LogP contribution in [0.3, 0.4) is 0 Å². The smallest absolute Gasteiger partial charge is 0.274 e. The molecule has 0 radical (unpaired) electrons. The quantitative estimate of drug-likeness (QED) is 0.791. The van der Waals surface area contributed by atoms with Gasteiger partial charge in [0.05, 0.1) is 0 Å². The Morgan fingerprint density at radius 3 is 2.50 bits per heavy atom. The first kappa shape index (κ1) is 20.5. The number of hydrogen-bond donors (Lipinski definition) is 1. The van der Waals surface area contributed by atoms with Crippen LogP contribution in [-0.4, -0.2) is 40.3 Å². The minimum Gasteiger partial charge on any atom is -0.350 e. The van der Waals surface area contributed by atoms with Gasteiger partial charge in [-0.05, 0) is 24.7 Å². The summed E-state index contributed by atoms with van der Waals surface area (Å²) in [5, 5.41) is 5.75. The topological polar surface area (TPSA) is 62.3 Å². The van der Waals surface area contributed by atoms with Crippen molar-refractivity contribution < 1.29 is 9.59 Å². The number of amides is 2. The molecule has 2 aromatic rings. The molecule has 0 spiro atoms. The minimum absolute atomic E-state index is 0.00732. The zero-order valence-electron chi connectivity index (χ0n) is 17.0. The van der Waals surface area contributed by atoms with Gasteiger partial charge in [0, 0.05) is 23.5 Å². The van der Waals surface area contributed by atoms with E-state index in [0.29, 0.717) is 30.5 Å². The third kappa shape index (κ3) is 4.79. The van der Waals surface area contributed by atoms with Gasteiger partial charge in [0.2, 0.25) is 5.91 Å². The van der Waals surface area contributed by atoms with E-state index in [4.69, 9.17) is 0 Å². The van der Waals surface area contributed by atoms with E-state index in [-0.39, 0.29) is 17.9 Å². The van der Waals surface area contributed by atoms with Gasteiger partial charge in [-0.25, -0.2) is 4.98 Å². The number of thiazole rings is 1. The first-order valence-corrected chi connectivity index (χ1v) is 10.9. The van der Waals surface area contributed by atoms with Crippen molar-refractivity contribution >= 4 is 23.2 Å². The van der Waals surface area contributed by atoms with E-state index in [9.17, 15) is 9.59 Å². The van der Waals surface area contributed by atoms with Gasteiger partial charge in [0.1, 0.15) is 16.7 Å². The molecule has 1 aliphatic heterocycles. The van der Waals surface area contributed by atoms with E-state index in [2.05, 4.69) is 38.0 Å². The highest BCUT2D eigenvalue weighted by Gasteiger charge is 2.38.